The second-order valence-electron chi connectivity index (χ2n) is 10.2. The van der Waals surface area contributed by atoms with Gasteiger partial charge in [0.05, 0.1) is 18.6 Å². The van der Waals surface area contributed by atoms with Crippen LogP contribution in [0.25, 0.3) is 11.1 Å². The fourth-order valence-electron chi connectivity index (χ4n) is 6.25. The number of amides is 2. The average molecular weight is 549 g/mol. The number of rotatable bonds is 3. The van der Waals surface area contributed by atoms with Crippen LogP contribution in [0.15, 0.2) is 36.4 Å². The first-order chi connectivity index (χ1) is 18.9. The number of aliphatic hydroxyl groups is 1. The van der Waals surface area contributed by atoms with Crippen LogP contribution in [0, 0.1) is 23.7 Å². The van der Waals surface area contributed by atoms with Crippen molar-refractivity contribution in [2.75, 3.05) is 12.4 Å². The molecule has 0 spiro atoms. The third-order valence-electron chi connectivity index (χ3n) is 8.11. The van der Waals surface area contributed by atoms with Crippen molar-refractivity contribution in [3.8, 4) is 16.9 Å². The summed E-state index contributed by atoms with van der Waals surface area (Å²) in [5.74, 6) is -12.9. The fourth-order valence-corrected chi connectivity index (χ4v) is 6.25. The predicted octanol–water partition coefficient (Wildman–Crippen LogP) is 0.105. The standard InChI is InChI=1S/C28H24N2O10/c1-40-27(38)26(37)30-14-4-2-11(3-5-14)15-6-7-17(31)20-16(15)9-12-8-13-10-18(32)21(25(29)36)24(35)28(13,39)23(34)19(12)22(20)33/h2-7,12-13,19,21,31,39H,8-10H2,1H3,(H2,29,36)(H,30,37)/t12-,13+,19?,21?,28+/m1/s1. The summed E-state index contributed by atoms with van der Waals surface area (Å²) in [5, 5.41) is 24.3. The zero-order valence-electron chi connectivity index (χ0n) is 21.1. The van der Waals surface area contributed by atoms with Crippen LogP contribution in [0.4, 0.5) is 5.69 Å². The van der Waals surface area contributed by atoms with E-state index in [4.69, 9.17) is 5.73 Å². The highest BCUT2D eigenvalue weighted by Crippen LogP contribution is 2.51. The van der Waals surface area contributed by atoms with Gasteiger partial charge in [0, 0.05) is 18.0 Å². The molecule has 0 aliphatic heterocycles. The zero-order valence-corrected chi connectivity index (χ0v) is 21.1. The number of hydrogen-bond acceptors (Lipinski definition) is 10. The molecule has 2 amide bonds. The number of Topliss-reactive ketones (excluding diaryl/α,β-unsaturated/α-hetero) is 4. The van der Waals surface area contributed by atoms with Crippen LogP contribution < -0.4 is 11.1 Å². The van der Waals surface area contributed by atoms with Gasteiger partial charge in [-0.1, -0.05) is 18.2 Å². The molecule has 5 atom stereocenters. The lowest BCUT2D eigenvalue weighted by molar-refractivity contribution is -0.175. The van der Waals surface area contributed by atoms with Gasteiger partial charge in [0.1, 0.15) is 5.75 Å². The van der Waals surface area contributed by atoms with Gasteiger partial charge in [-0.3, -0.25) is 28.8 Å². The van der Waals surface area contributed by atoms with Crippen LogP contribution in [0.5, 0.6) is 5.75 Å². The van der Waals surface area contributed by atoms with Crippen LogP contribution in [-0.2, 0) is 39.9 Å². The number of phenolic OH excluding ortho intramolecular Hbond substituents is 1. The lowest BCUT2D eigenvalue weighted by Crippen LogP contribution is -2.68. The predicted molar refractivity (Wildman–Crippen MR) is 135 cm³/mol. The quantitative estimate of drug-likeness (QED) is 0.231. The molecule has 5 N–H and O–H groups in total. The maximum absolute atomic E-state index is 13.7. The van der Waals surface area contributed by atoms with Gasteiger partial charge in [-0.05, 0) is 53.6 Å². The van der Waals surface area contributed by atoms with Crippen LogP contribution in [0.2, 0.25) is 0 Å². The fraction of sp³-hybridized carbons (Fsp3) is 0.321. The molecule has 12 heteroatoms. The molecule has 5 rings (SSSR count). The summed E-state index contributed by atoms with van der Waals surface area (Å²) in [6.45, 7) is 0. The normalized spacial score (nSPS) is 27.2. The number of methoxy groups -OCH3 is 1. The highest BCUT2D eigenvalue weighted by molar-refractivity contribution is 6.37. The monoisotopic (exact) mass is 548 g/mol. The Bertz CT molecular complexity index is 1530. The Morgan fingerprint density at radius 1 is 1.00 bits per heavy atom. The van der Waals surface area contributed by atoms with E-state index < -0.39 is 76.6 Å². The highest BCUT2D eigenvalue weighted by atomic mass is 16.5. The Morgan fingerprint density at radius 2 is 1.68 bits per heavy atom. The second-order valence-corrected chi connectivity index (χ2v) is 10.2. The molecule has 206 valence electrons. The number of aromatic hydroxyl groups is 1. The lowest BCUT2D eigenvalue weighted by atomic mass is 9.53. The Labute approximate surface area is 226 Å². The molecule has 0 bridgehead atoms. The molecule has 0 saturated heterocycles. The number of esters is 1. The van der Waals surface area contributed by atoms with Crippen molar-refractivity contribution >= 4 is 46.6 Å². The Kier molecular flexibility index (Phi) is 6.38. The molecule has 0 radical (unpaired) electrons. The van der Waals surface area contributed by atoms with Gasteiger partial charge in [0.15, 0.2) is 34.7 Å². The van der Waals surface area contributed by atoms with Crippen LogP contribution in [0.3, 0.4) is 0 Å². The van der Waals surface area contributed by atoms with Crippen molar-refractivity contribution in [3.05, 3.63) is 47.5 Å². The van der Waals surface area contributed by atoms with E-state index in [0.717, 1.165) is 7.11 Å². The van der Waals surface area contributed by atoms with Crippen molar-refractivity contribution < 1.29 is 48.5 Å². The van der Waals surface area contributed by atoms with E-state index in [2.05, 4.69) is 10.1 Å². The molecule has 2 unspecified atom stereocenters. The third-order valence-corrected chi connectivity index (χ3v) is 8.11. The summed E-state index contributed by atoms with van der Waals surface area (Å²) < 4.78 is 4.37. The van der Waals surface area contributed by atoms with E-state index >= 15 is 0 Å². The molecule has 2 aromatic rings. The Morgan fingerprint density at radius 3 is 2.30 bits per heavy atom. The van der Waals surface area contributed by atoms with Gasteiger partial charge in [-0.25, -0.2) is 4.79 Å². The summed E-state index contributed by atoms with van der Waals surface area (Å²) >= 11 is 0. The summed E-state index contributed by atoms with van der Waals surface area (Å²) in [5.41, 5.74) is 4.28. The maximum atomic E-state index is 13.7. The van der Waals surface area contributed by atoms with Gasteiger partial charge < -0.3 is 26.0 Å². The van der Waals surface area contributed by atoms with Gasteiger partial charge in [-0.15, -0.1) is 0 Å². The van der Waals surface area contributed by atoms with Crippen molar-refractivity contribution in [2.45, 2.75) is 24.9 Å². The number of ketones is 4. The average Bonchev–Trinajstić information content (AvgIpc) is 2.90. The number of primary amides is 1. The number of ether oxygens (including phenoxy) is 1. The number of hydrogen-bond donors (Lipinski definition) is 4. The largest absolute Gasteiger partial charge is 0.507 e. The van der Waals surface area contributed by atoms with Gasteiger partial charge in [0.25, 0.3) is 0 Å². The number of carbonyl (C=O) groups is 7. The van der Waals surface area contributed by atoms with E-state index in [1.807, 2.05) is 0 Å². The summed E-state index contributed by atoms with van der Waals surface area (Å²) in [7, 11) is 1.08. The smallest absolute Gasteiger partial charge is 0.396 e. The van der Waals surface area contributed by atoms with Gasteiger partial charge in [0.2, 0.25) is 5.91 Å². The van der Waals surface area contributed by atoms with E-state index in [-0.39, 0.29) is 24.2 Å². The molecule has 3 aliphatic carbocycles. The van der Waals surface area contributed by atoms with E-state index in [1.165, 1.54) is 18.2 Å². The van der Waals surface area contributed by atoms with Crippen LogP contribution in [-0.4, -0.2) is 63.8 Å². The number of fused-ring (bicyclic) bond motifs is 3. The summed E-state index contributed by atoms with van der Waals surface area (Å²) in [4.78, 5) is 87.7. The second kappa shape index (κ2) is 9.49. The maximum Gasteiger partial charge on any atom is 0.396 e. The van der Waals surface area contributed by atoms with Crippen LogP contribution in [0.1, 0.15) is 28.8 Å². The number of carbonyl (C=O) groups excluding carboxylic acids is 7. The molecule has 2 fully saturated rings. The molecule has 2 saturated carbocycles. The minimum absolute atomic E-state index is 0.0192. The molecule has 0 aromatic heterocycles. The first kappa shape index (κ1) is 26.9. The van der Waals surface area contributed by atoms with E-state index in [0.29, 0.717) is 22.4 Å². The van der Waals surface area contributed by atoms with E-state index in [1.54, 1.807) is 18.2 Å². The number of phenols is 1. The molecule has 2 aromatic carbocycles. The number of nitrogens with two attached hydrogens (primary N) is 1. The zero-order chi connectivity index (χ0) is 29.1. The van der Waals surface area contributed by atoms with Gasteiger partial charge >= 0.3 is 11.9 Å². The topological polar surface area (TPSA) is 207 Å². The van der Waals surface area contributed by atoms with Crippen molar-refractivity contribution in [3.63, 3.8) is 0 Å². The minimum Gasteiger partial charge on any atom is -0.507 e. The number of nitrogens with one attached hydrogen (secondary N) is 1. The van der Waals surface area contributed by atoms with Crippen LogP contribution >= 0.6 is 0 Å². The minimum atomic E-state index is -2.71. The summed E-state index contributed by atoms with van der Waals surface area (Å²) in [6, 6.07) is 9.20. The molecular formula is C28H24N2O10. The van der Waals surface area contributed by atoms with Crippen molar-refractivity contribution in [1.82, 2.24) is 0 Å². The molecule has 0 heterocycles. The molecular weight excluding hydrogens is 524 g/mol. The van der Waals surface area contributed by atoms with Crippen molar-refractivity contribution in [2.24, 2.45) is 29.4 Å². The summed E-state index contributed by atoms with van der Waals surface area (Å²) in [6.07, 6.45) is -0.317. The van der Waals surface area contributed by atoms with Crippen molar-refractivity contribution in [1.29, 1.82) is 0 Å². The molecule has 12 nitrogen and oxygen atoms in total. The highest BCUT2D eigenvalue weighted by Gasteiger charge is 2.66. The number of anilines is 1. The SMILES string of the molecule is COC(=O)C(=O)Nc1ccc(-c2ccc(O)c3c2C[C@H]2C[C@H]4CC(=O)C(C(N)=O)C(=O)[C@@]4(O)C(=O)C2C3=O)cc1. The molecule has 40 heavy (non-hydrogen) atoms. The lowest BCUT2D eigenvalue weighted by Gasteiger charge is -2.48. The first-order valence-electron chi connectivity index (χ1n) is 12.4. The Hall–Kier alpha value is -4.71. The molecule has 3 aliphatic rings. The first-order valence-corrected chi connectivity index (χ1v) is 12.4. The van der Waals surface area contributed by atoms with E-state index in [9.17, 15) is 43.8 Å². The number of benzene rings is 2. The Balaban J connectivity index is 1.51. The third kappa shape index (κ3) is 3.90. The van der Waals surface area contributed by atoms with Gasteiger partial charge in [-0.2, -0.15) is 0 Å².